The highest BCUT2D eigenvalue weighted by molar-refractivity contribution is 6.31. The molecule has 122 valence electrons. The fourth-order valence-electron chi connectivity index (χ4n) is 3.13. The van der Waals surface area contributed by atoms with E-state index >= 15 is 0 Å². The number of hydrogen-bond acceptors (Lipinski definition) is 2. The van der Waals surface area contributed by atoms with Crippen molar-refractivity contribution in [2.75, 3.05) is 13.1 Å². The van der Waals surface area contributed by atoms with Gasteiger partial charge in [0.25, 0.3) is 0 Å². The molecule has 1 aliphatic rings. The van der Waals surface area contributed by atoms with Gasteiger partial charge < -0.3 is 5.11 Å². The van der Waals surface area contributed by atoms with E-state index in [1.54, 1.807) is 12.1 Å². The van der Waals surface area contributed by atoms with Gasteiger partial charge in [-0.25, -0.2) is 4.39 Å². The lowest BCUT2D eigenvalue weighted by Gasteiger charge is -2.29. The van der Waals surface area contributed by atoms with Gasteiger partial charge in [-0.2, -0.15) is 0 Å². The van der Waals surface area contributed by atoms with Gasteiger partial charge in [0, 0.05) is 30.2 Å². The highest BCUT2D eigenvalue weighted by Gasteiger charge is 2.20. The van der Waals surface area contributed by atoms with Gasteiger partial charge in [0.1, 0.15) is 5.82 Å². The van der Waals surface area contributed by atoms with Crippen LogP contribution in [0.15, 0.2) is 18.2 Å². The van der Waals surface area contributed by atoms with Crippen molar-refractivity contribution in [3.63, 3.8) is 0 Å². The Morgan fingerprint density at radius 2 is 2.05 bits per heavy atom. The summed E-state index contributed by atoms with van der Waals surface area (Å²) in [6, 6.07) is 4.66. The molecule has 0 radical (unpaired) electrons. The summed E-state index contributed by atoms with van der Waals surface area (Å²) >= 11 is 6.10. The van der Waals surface area contributed by atoms with Gasteiger partial charge >= 0.3 is 5.97 Å². The van der Waals surface area contributed by atoms with Gasteiger partial charge in [-0.1, -0.05) is 36.9 Å². The Hall–Kier alpha value is -1.13. The third kappa shape index (κ3) is 5.25. The van der Waals surface area contributed by atoms with Crippen molar-refractivity contribution < 1.29 is 14.3 Å². The quantitative estimate of drug-likeness (QED) is 0.810. The molecule has 0 heterocycles. The van der Waals surface area contributed by atoms with Gasteiger partial charge in [0.2, 0.25) is 0 Å². The number of aliphatic carboxylic acids is 1. The van der Waals surface area contributed by atoms with E-state index in [0.29, 0.717) is 29.6 Å². The number of carbonyl (C=O) groups is 1. The van der Waals surface area contributed by atoms with Crippen molar-refractivity contribution in [1.29, 1.82) is 0 Å². The monoisotopic (exact) mass is 327 g/mol. The fourth-order valence-corrected chi connectivity index (χ4v) is 3.35. The van der Waals surface area contributed by atoms with Crippen molar-refractivity contribution in [3.8, 4) is 0 Å². The molecule has 1 aromatic carbocycles. The lowest BCUT2D eigenvalue weighted by atomic mass is 9.89. The van der Waals surface area contributed by atoms with Crippen LogP contribution in [0.1, 0.15) is 44.1 Å². The van der Waals surface area contributed by atoms with E-state index in [2.05, 4.69) is 0 Å². The molecule has 3 nitrogen and oxygen atoms in total. The normalized spacial score (nSPS) is 16.1. The maximum Gasteiger partial charge on any atom is 0.304 e. The maximum absolute atomic E-state index is 14.0. The van der Waals surface area contributed by atoms with Crippen molar-refractivity contribution >= 4 is 17.6 Å². The predicted octanol–water partition coefficient (Wildman–Crippen LogP) is 4.34. The minimum atomic E-state index is -0.826. The molecule has 22 heavy (non-hydrogen) atoms. The van der Waals surface area contributed by atoms with Crippen molar-refractivity contribution in [2.24, 2.45) is 5.92 Å². The van der Waals surface area contributed by atoms with Crippen LogP contribution in [-0.4, -0.2) is 29.1 Å². The summed E-state index contributed by atoms with van der Waals surface area (Å²) in [4.78, 5) is 12.9. The average Bonchev–Trinajstić information content (AvgIpc) is 2.49. The molecule has 1 aliphatic carbocycles. The third-order valence-electron chi connectivity index (χ3n) is 4.33. The predicted molar refractivity (Wildman–Crippen MR) is 85.5 cm³/mol. The standard InChI is InChI=1S/C17H23ClFNO2/c18-15-7-4-8-16(19)14(15)12-20(10-9-17(21)22)11-13-5-2-1-3-6-13/h4,7-8,13H,1-3,5-6,9-12H2,(H,21,22). The second-order valence-electron chi connectivity index (χ2n) is 6.08. The summed E-state index contributed by atoms with van der Waals surface area (Å²) in [5, 5.41) is 9.32. The van der Waals surface area contributed by atoms with Crippen molar-refractivity contribution in [3.05, 3.63) is 34.6 Å². The molecule has 2 rings (SSSR count). The minimum Gasteiger partial charge on any atom is -0.481 e. The Balaban J connectivity index is 2.04. The number of nitrogens with zero attached hydrogens (tertiary/aromatic N) is 1. The summed E-state index contributed by atoms with van der Waals surface area (Å²) in [5.74, 6) is -0.571. The zero-order chi connectivity index (χ0) is 15.9. The summed E-state index contributed by atoms with van der Waals surface area (Å²) in [5.41, 5.74) is 0.463. The van der Waals surface area contributed by atoms with Crippen LogP contribution >= 0.6 is 11.6 Å². The first-order valence-corrected chi connectivity index (χ1v) is 8.31. The van der Waals surface area contributed by atoms with E-state index in [-0.39, 0.29) is 12.2 Å². The van der Waals surface area contributed by atoms with Gasteiger partial charge in [-0.3, -0.25) is 9.69 Å². The zero-order valence-corrected chi connectivity index (χ0v) is 13.5. The van der Waals surface area contributed by atoms with Gasteiger partial charge in [-0.05, 0) is 30.9 Å². The van der Waals surface area contributed by atoms with Gasteiger partial charge in [0.15, 0.2) is 0 Å². The van der Waals surface area contributed by atoms with Gasteiger partial charge in [-0.15, -0.1) is 0 Å². The second kappa shape index (κ2) is 8.49. The molecule has 5 heteroatoms. The van der Waals surface area contributed by atoms with Crippen LogP contribution in [0.2, 0.25) is 5.02 Å². The number of carboxylic acids is 1. The number of carboxylic acid groups (broad SMARTS) is 1. The lowest BCUT2D eigenvalue weighted by Crippen LogP contribution is -2.32. The van der Waals surface area contributed by atoms with Crippen molar-refractivity contribution in [1.82, 2.24) is 4.90 Å². The van der Waals surface area contributed by atoms with E-state index in [1.165, 1.54) is 38.2 Å². The lowest BCUT2D eigenvalue weighted by molar-refractivity contribution is -0.137. The van der Waals surface area contributed by atoms with E-state index in [9.17, 15) is 9.18 Å². The highest BCUT2D eigenvalue weighted by atomic mass is 35.5. The van der Waals surface area contributed by atoms with E-state index in [1.807, 2.05) is 4.90 Å². The third-order valence-corrected chi connectivity index (χ3v) is 4.68. The molecule has 1 saturated carbocycles. The fraction of sp³-hybridized carbons (Fsp3) is 0.588. The Labute approximate surface area is 136 Å². The van der Waals surface area contributed by atoms with Crippen LogP contribution < -0.4 is 0 Å². The van der Waals surface area contributed by atoms with Crippen LogP contribution in [0.4, 0.5) is 4.39 Å². The largest absolute Gasteiger partial charge is 0.481 e. The first-order chi connectivity index (χ1) is 10.6. The van der Waals surface area contributed by atoms with Crippen LogP contribution in [0.5, 0.6) is 0 Å². The Bertz CT molecular complexity index is 483. The molecule has 1 fully saturated rings. The molecular formula is C17H23ClFNO2. The molecule has 1 N–H and O–H groups in total. The smallest absolute Gasteiger partial charge is 0.304 e. The average molecular weight is 328 g/mol. The Kier molecular flexibility index (Phi) is 6.65. The van der Waals surface area contributed by atoms with Crippen molar-refractivity contribution in [2.45, 2.75) is 45.1 Å². The molecule has 0 aliphatic heterocycles. The van der Waals surface area contributed by atoms with Crippen LogP contribution in [0.3, 0.4) is 0 Å². The first kappa shape index (κ1) is 17.2. The zero-order valence-electron chi connectivity index (χ0n) is 12.7. The topological polar surface area (TPSA) is 40.5 Å². The highest BCUT2D eigenvalue weighted by Crippen LogP contribution is 2.26. The molecule has 0 unspecified atom stereocenters. The SMILES string of the molecule is O=C(O)CCN(Cc1c(F)cccc1Cl)CC1CCCCC1. The molecule has 1 aromatic rings. The summed E-state index contributed by atoms with van der Waals surface area (Å²) in [6.45, 7) is 1.61. The maximum atomic E-state index is 14.0. The first-order valence-electron chi connectivity index (χ1n) is 7.93. The molecule has 0 bridgehead atoms. The molecule has 0 spiro atoms. The van der Waals surface area contributed by atoms with E-state index in [4.69, 9.17) is 16.7 Å². The Morgan fingerprint density at radius 3 is 2.68 bits per heavy atom. The number of hydrogen-bond donors (Lipinski definition) is 1. The van der Waals surface area contributed by atoms with Crippen LogP contribution in [0, 0.1) is 11.7 Å². The van der Waals surface area contributed by atoms with E-state index < -0.39 is 5.97 Å². The Morgan fingerprint density at radius 1 is 1.32 bits per heavy atom. The molecule has 0 atom stereocenters. The summed E-state index contributed by atoms with van der Waals surface area (Å²) < 4.78 is 14.0. The number of rotatable bonds is 7. The number of halogens is 2. The van der Waals surface area contributed by atoms with E-state index in [0.717, 1.165) is 6.54 Å². The molecule has 0 saturated heterocycles. The summed E-state index contributed by atoms with van der Waals surface area (Å²) in [6.07, 6.45) is 6.17. The molecule has 0 aromatic heterocycles. The minimum absolute atomic E-state index is 0.0682. The molecule has 0 amide bonds. The molecular weight excluding hydrogens is 305 g/mol. The summed E-state index contributed by atoms with van der Waals surface area (Å²) in [7, 11) is 0. The number of benzene rings is 1. The van der Waals surface area contributed by atoms with Crippen LogP contribution in [-0.2, 0) is 11.3 Å². The second-order valence-corrected chi connectivity index (χ2v) is 6.49. The van der Waals surface area contributed by atoms with Gasteiger partial charge in [0.05, 0.1) is 6.42 Å². The van der Waals surface area contributed by atoms with Crippen LogP contribution in [0.25, 0.3) is 0 Å².